The molecule has 0 fully saturated rings. The second kappa shape index (κ2) is 12.3. The Kier molecular flexibility index (Phi) is 10.4. The van der Waals surface area contributed by atoms with Gasteiger partial charge in [0.25, 0.3) is 0 Å². The summed E-state index contributed by atoms with van der Waals surface area (Å²) in [5, 5.41) is 5.99. The van der Waals surface area contributed by atoms with E-state index in [-0.39, 0.29) is 29.4 Å². The Morgan fingerprint density at radius 3 is 2.38 bits per heavy atom. The van der Waals surface area contributed by atoms with E-state index in [1.165, 1.54) is 11.8 Å². The predicted molar refractivity (Wildman–Crippen MR) is 107 cm³/mol. The molecule has 0 bridgehead atoms. The number of carbonyl (C=O) groups excluding carboxylic acids is 2. The Bertz CT molecular complexity index is 598. The van der Waals surface area contributed by atoms with Crippen molar-refractivity contribution in [2.45, 2.75) is 13.0 Å². The van der Waals surface area contributed by atoms with Gasteiger partial charge in [-0.05, 0) is 43.4 Å². The van der Waals surface area contributed by atoms with Crippen molar-refractivity contribution in [1.29, 1.82) is 0 Å². The summed E-state index contributed by atoms with van der Waals surface area (Å²) in [5.41, 5.74) is 5.74. The molecule has 0 aromatic heterocycles. The molecule has 0 aliphatic heterocycles. The van der Waals surface area contributed by atoms with E-state index in [4.69, 9.17) is 21.7 Å². The highest BCUT2D eigenvalue weighted by atomic mass is 32.2. The number of hydrazine groups is 1. The van der Waals surface area contributed by atoms with Crippen LogP contribution < -0.4 is 26.2 Å². The van der Waals surface area contributed by atoms with Crippen LogP contribution in [0.15, 0.2) is 24.3 Å². The molecular weight excluding hydrogens is 376 g/mol. The second-order valence-electron chi connectivity index (χ2n) is 5.27. The minimum absolute atomic E-state index is 0.0212. The maximum atomic E-state index is 11.8. The highest BCUT2D eigenvalue weighted by Crippen LogP contribution is 2.15. The standard InChI is InChI=1S/C16H24N4O4S2/c1-11(8-23-2)17-16(25)20-19-15(22)10-26-9-14(21)18-12-4-6-13(24-3)7-5-12/h4-7,11H,8-10H2,1-3H3,(H,18,21)(H,19,22)(H2,17,20,25)/t11-/m1/s1. The van der Waals surface area contributed by atoms with Crippen LogP contribution in [0.4, 0.5) is 5.69 Å². The number of hydrogen-bond donors (Lipinski definition) is 4. The SMILES string of the molecule is COC[C@@H](C)NC(=S)NNC(=O)CSCC(=O)Nc1ccc(OC)cc1. The average Bonchev–Trinajstić information content (AvgIpc) is 2.60. The summed E-state index contributed by atoms with van der Waals surface area (Å²) in [7, 11) is 3.17. The van der Waals surface area contributed by atoms with Gasteiger partial charge >= 0.3 is 0 Å². The van der Waals surface area contributed by atoms with Gasteiger partial charge < -0.3 is 20.1 Å². The van der Waals surface area contributed by atoms with Gasteiger partial charge in [-0.15, -0.1) is 11.8 Å². The molecule has 1 atom stereocenters. The number of nitrogens with one attached hydrogen (secondary N) is 4. The van der Waals surface area contributed by atoms with Crippen LogP contribution in [0.1, 0.15) is 6.92 Å². The number of methoxy groups -OCH3 is 2. The third-order valence-electron chi connectivity index (χ3n) is 2.95. The van der Waals surface area contributed by atoms with Crippen LogP contribution in [-0.4, -0.2) is 55.3 Å². The van der Waals surface area contributed by atoms with E-state index < -0.39 is 0 Å². The molecule has 0 radical (unpaired) electrons. The van der Waals surface area contributed by atoms with E-state index in [9.17, 15) is 9.59 Å². The molecule has 1 aromatic carbocycles. The van der Waals surface area contributed by atoms with Crippen LogP contribution in [-0.2, 0) is 14.3 Å². The van der Waals surface area contributed by atoms with Gasteiger partial charge in [0, 0.05) is 18.8 Å². The molecule has 8 nitrogen and oxygen atoms in total. The maximum Gasteiger partial charge on any atom is 0.248 e. The average molecular weight is 401 g/mol. The number of hydrogen-bond acceptors (Lipinski definition) is 6. The first-order chi connectivity index (χ1) is 12.4. The molecule has 0 aliphatic carbocycles. The minimum atomic E-state index is -0.282. The van der Waals surface area contributed by atoms with E-state index in [0.717, 1.165) is 0 Å². The quantitative estimate of drug-likeness (QED) is 0.358. The van der Waals surface area contributed by atoms with Crippen molar-refractivity contribution in [2.24, 2.45) is 0 Å². The van der Waals surface area contributed by atoms with Gasteiger partial charge in [0.2, 0.25) is 11.8 Å². The van der Waals surface area contributed by atoms with Gasteiger partial charge in [0.15, 0.2) is 5.11 Å². The second-order valence-corrected chi connectivity index (χ2v) is 6.67. The first-order valence-electron chi connectivity index (χ1n) is 7.80. The molecule has 0 unspecified atom stereocenters. The van der Waals surface area contributed by atoms with Crippen molar-refractivity contribution in [2.75, 3.05) is 37.6 Å². The van der Waals surface area contributed by atoms with Crippen molar-refractivity contribution in [3.63, 3.8) is 0 Å². The number of benzene rings is 1. The Morgan fingerprint density at radius 1 is 1.12 bits per heavy atom. The molecule has 26 heavy (non-hydrogen) atoms. The molecule has 144 valence electrons. The number of carbonyl (C=O) groups is 2. The lowest BCUT2D eigenvalue weighted by molar-refractivity contribution is -0.119. The summed E-state index contributed by atoms with van der Waals surface area (Å²) >= 11 is 6.23. The smallest absolute Gasteiger partial charge is 0.248 e. The van der Waals surface area contributed by atoms with Crippen LogP contribution in [0.2, 0.25) is 0 Å². The number of rotatable bonds is 9. The first kappa shape index (κ1) is 22.0. The molecule has 0 heterocycles. The molecule has 0 saturated carbocycles. The molecular formula is C16H24N4O4S2. The normalized spacial score (nSPS) is 11.2. The molecule has 10 heteroatoms. The zero-order chi connectivity index (χ0) is 19.4. The number of thiocarbonyl (C=S) groups is 1. The van der Waals surface area contributed by atoms with Gasteiger partial charge in [-0.25, -0.2) is 0 Å². The number of anilines is 1. The molecule has 4 N–H and O–H groups in total. The summed E-state index contributed by atoms with van der Waals surface area (Å²) < 4.78 is 10.0. The van der Waals surface area contributed by atoms with E-state index >= 15 is 0 Å². The van der Waals surface area contributed by atoms with Crippen LogP contribution >= 0.6 is 24.0 Å². The molecule has 0 aliphatic rings. The third-order valence-corrected chi connectivity index (χ3v) is 4.10. The fourth-order valence-electron chi connectivity index (χ4n) is 1.82. The minimum Gasteiger partial charge on any atom is -0.497 e. The van der Waals surface area contributed by atoms with Crippen LogP contribution in [0, 0.1) is 0 Å². The van der Waals surface area contributed by atoms with Gasteiger partial charge in [0.1, 0.15) is 5.75 Å². The zero-order valence-electron chi connectivity index (χ0n) is 15.0. The molecule has 2 amide bonds. The monoisotopic (exact) mass is 400 g/mol. The highest BCUT2D eigenvalue weighted by Gasteiger charge is 2.08. The van der Waals surface area contributed by atoms with Crippen molar-refractivity contribution in [3.8, 4) is 5.75 Å². The van der Waals surface area contributed by atoms with E-state index in [0.29, 0.717) is 23.2 Å². The van der Waals surface area contributed by atoms with Crippen LogP contribution in [0.25, 0.3) is 0 Å². The molecule has 1 aromatic rings. The molecule has 0 saturated heterocycles. The van der Waals surface area contributed by atoms with E-state index in [2.05, 4.69) is 21.5 Å². The summed E-state index contributed by atoms with van der Waals surface area (Å²) in [6.45, 7) is 2.39. The van der Waals surface area contributed by atoms with Crippen LogP contribution in [0.5, 0.6) is 5.75 Å². The fourth-order valence-corrected chi connectivity index (χ4v) is 2.69. The first-order valence-corrected chi connectivity index (χ1v) is 9.36. The zero-order valence-corrected chi connectivity index (χ0v) is 16.6. The van der Waals surface area contributed by atoms with Gasteiger partial charge in [-0.3, -0.25) is 20.4 Å². The van der Waals surface area contributed by atoms with Crippen LogP contribution in [0.3, 0.4) is 0 Å². The summed E-state index contributed by atoms with van der Waals surface area (Å²) in [4.78, 5) is 23.6. The Labute approximate surface area is 162 Å². The van der Waals surface area contributed by atoms with E-state index in [1.807, 2.05) is 6.92 Å². The summed E-state index contributed by atoms with van der Waals surface area (Å²) in [6.07, 6.45) is 0. The third kappa shape index (κ3) is 9.44. The lowest BCUT2D eigenvalue weighted by Crippen LogP contribution is -2.50. The topological polar surface area (TPSA) is 101 Å². The van der Waals surface area contributed by atoms with Crippen molar-refractivity contribution in [3.05, 3.63) is 24.3 Å². The number of ether oxygens (including phenoxy) is 2. The summed E-state index contributed by atoms with van der Waals surface area (Å²) in [5.74, 6) is 0.527. The maximum absolute atomic E-state index is 11.8. The van der Waals surface area contributed by atoms with Crippen molar-refractivity contribution >= 4 is 46.6 Å². The van der Waals surface area contributed by atoms with Gasteiger partial charge in [-0.1, -0.05) is 0 Å². The Balaban J connectivity index is 2.18. The molecule has 1 rings (SSSR count). The van der Waals surface area contributed by atoms with Crippen molar-refractivity contribution < 1.29 is 19.1 Å². The Morgan fingerprint density at radius 2 is 1.77 bits per heavy atom. The van der Waals surface area contributed by atoms with Gasteiger partial charge in [0.05, 0.1) is 25.2 Å². The predicted octanol–water partition coefficient (Wildman–Crippen LogP) is 0.897. The molecule has 0 spiro atoms. The lowest BCUT2D eigenvalue weighted by atomic mass is 10.3. The number of amides is 2. The number of thioether (sulfide) groups is 1. The van der Waals surface area contributed by atoms with E-state index in [1.54, 1.807) is 38.5 Å². The Hall–Kier alpha value is -2.04. The fraction of sp³-hybridized carbons (Fsp3) is 0.438. The lowest BCUT2D eigenvalue weighted by Gasteiger charge is -2.16. The van der Waals surface area contributed by atoms with Gasteiger partial charge in [-0.2, -0.15) is 0 Å². The van der Waals surface area contributed by atoms with Crippen molar-refractivity contribution in [1.82, 2.24) is 16.2 Å². The largest absolute Gasteiger partial charge is 0.497 e. The highest BCUT2D eigenvalue weighted by molar-refractivity contribution is 8.00. The summed E-state index contributed by atoms with van der Waals surface area (Å²) in [6, 6.07) is 7.03.